The van der Waals surface area contributed by atoms with E-state index in [1.165, 1.54) is 7.11 Å². The van der Waals surface area contributed by atoms with Crippen LogP contribution >= 0.6 is 0 Å². The summed E-state index contributed by atoms with van der Waals surface area (Å²) < 4.78 is 4.56. The molecule has 70 valence electrons. The van der Waals surface area contributed by atoms with Gasteiger partial charge in [-0.3, -0.25) is 0 Å². The zero-order valence-electron chi connectivity index (χ0n) is 8.39. The van der Waals surface area contributed by atoms with Crippen LogP contribution in [0, 0.1) is 5.92 Å². The van der Waals surface area contributed by atoms with Gasteiger partial charge in [-0.25, -0.2) is 4.79 Å². The van der Waals surface area contributed by atoms with Crippen molar-refractivity contribution in [2.24, 2.45) is 5.92 Å². The molecule has 0 amide bonds. The molecule has 0 saturated heterocycles. The second kappa shape index (κ2) is 5.81. The molecule has 0 radical (unpaired) electrons. The van der Waals surface area contributed by atoms with Crippen LogP contribution in [0.4, 0.5) is 0 Å². The Morgan fingerprint density at radius 3 is 2.50 bits per heavy atom. The highest BCUT2D eigenvalue weighted by Crippen LogP contribution is 2.06. The standard InChI is InChI=1S/C10H18O2/c1-8(2)6-5-7-9(3)10(11)12-4/h7-8H,5-6H2,1-4H3/b9-7+. The fraction of sp³-hybridized carbons (Fsp3) is 0.700. The van der Waals surface area contributed by atoms with Gasteiger partial charge in [-0.1, -0.05) is 19.9 Å². The molecule has 0 rings (SSSR count). The fourth-order valence-corrected chi connectivity index (χ4v) is 0.877. The summed E-state index contributed by atoms with van der Waals surface area (Å²) in [4.78, 5) is 10.9. The molecule has 0 unspecified atom stereocenters. The normalized spacial score (nSPS) is 11.9. The molecule has 0 heterocycles. The van der Waals surface area contributed by atoms with Gasteiger partial charge < -0.3 is 4.74 Å². The quantitative estimate of drug-likeness (QED) is 0.478. The predicted molar refractivity (Wildman–Crippen MR) is 49.8 cm³/mol. The van der Waals surface area contributed by atoms with Crippen LogP contribution in [-0.4, -0.2) is 13.1 Å². The van der Waals surface area contributed by atoms with Gasteiger partial charge >= 0.3 is 5.97 Å². The van der Waals surface area contributed by atoms with Gasteiger partial charge in [0, 0.05) is 5.57 Å². The molecule has 0 fully saturated rings. The van der Waals surface area contributed by atoms with E-state index in [-0.39, 0.29) is 5.97 Å². The summed E-state index contributed by atoms with van der Waals surface area (Å²) in [7, 11) is 1.40. The van der Waals surface area contributed by atoms with E-state index in [0.717, 1.165) is 12.8 Å². The zero-order valence-corrected chi connectivity index (χ0v) is 8.39. The van der Waals surface area contributed by atoms with Crippen LogP contribution in [-0.2, 0) is 9.53 Å². The molecule has 0 aromatic carbocycles. The number of rotatable bonds is 4. The molecular formula is C10H18O2. The van der Waals surface area contributed by atoms with Crippen molar-refractivity contribution >= 4 is 5.97 Å². The van der Waals surface area contributed by atoms with Crippen molar-refractivity contribution < 1.29 is 9.53 Å². The molecule has 2 nitrogen and oxygen atoms in total. The second-order valence-electron chi connectivity index (χ2n) is 3.35. The molecule has 0 atom stereocenters. The van der Waals surface area contributed by atoms with Crippen LogP contribution in [0.15, 0.2) is 11.6 Å². The van der Waals surface area contributed by atoms with Crippen LogP contribution in [0.5, 0.6) is 0 Å². The van der Waals surface area contributed by atoms with E-state index in [4.69, 9.17) is 0 Å². The summed E-state index contributed by atoms with van der Waals surface area (Å²) in [5.74, 6) is 0.463. The zero-order chi connectivity index (χ0) is 9.56. The van der Waals surface area contributed by atoms with Gasteiger partial charge in [0.25, 0.3) is 0 Å². The number of ether oxygens (including phenoxy) is 1. The van der Waals surface area contributed by atoms with Crippen molar-refractivity contribution in [2.75, 3.05) is 7.11 Å². The maximum absolute atomic E-state index is 10.9. The third kappa shape index (κ3) is 4.94. The first-order chi connectivity index (χ1) is 5.57. The minimum atomic E-state index is -0.223. The van der Waals surface area contributed by atoms with Crippen LogP contribution in [0.2, 0.25) is 0 Å². The molecule has 0 aromatic heterocycles. The van der Waals surface area contributed by atoms with Gasteiger partial charge in [-0.2, -0.15) is 0 Å². The second-order valence-corrected chi connectivity index (χ2v) is 3.35. The largest absolute Gasteiger partial charge is 0.466 e. The first-order valence-electron chi connectivity index (χ1n) is 4.33. The first kappa shape index (κ1) is 11.2. The summed E-state index contributed by atoms with van der Waals surface area (Å²) in [6, 6.07) is 0. The van der Waals surface area contributed by atoms with E-state index in [0.29, 0.717) is 11.5 Å². The van der Waals surface area contributed by atoms with Crippen LogP contribution in [0.25, 0.3) is 0 Å². The Bertz CT molecular complexity index is 169. The minimum absolute atomic E-state index is 0.223. The van der Waals surface area contributed by atoms with Crippen LogP contribution in [0.3, 0.4) is 0 Å². The van der Waals surface area contributed by atoms with E-state index in [9.17, 15) is 4.79 Å². The summed E-state index contributed by atoms with van der Waals surface area (Å²) in [6.07, 6.45) is 4.01. The van der Waals surface area contributed by atoms with Crippen molar-refractivity contribution in [1.29, 1.82) is 0 Å². The summed E-state index contributed by atoms with van der Waals surface area (Å²) in [6.45, 7) is 6.12. The number of methoxy groups -OCH3 is 1. The number of hydrogen-bond acceptors (Lipinski definition) is 2. The third-order valence-electron chi connectivity index (χ3n) is 1.70. The molecule has 0 spiro atoms. The highest BCUT2D eigenvalue weighted by Gasteiger charge is 2.01. The Hall–Kier alpha value is -0.790. The molecule has 0 aromatic rings. The first-order valence-corrected chi connectivity index (χ1v) is 4.33. The Morgan fingerprint density at radius 1 is 1.50 bits per heavy atom. The molecule has 0 N–H and O–H groups in total. The van der Waals surface area contributed by atoms with E-state index < -0.39 is 0 Å². The monoisotopic (exact) mass is 170 g/mol. The molecule has 0 aliphatic rings. The summed E-state index contributed by atoms with van der Waals surface area (Å²) >= 11 is 0. The minimum Gasteiger partial charge on any atom is -0.466 e. The van der Waals surface area contributed by atoms with Gasteiger partial charge in [-0.15, -0.1) is 0 Å². The number of esters is 1. The molecular weight excluding hydrogens is 152 g/mol. The van der Waals surface area contributed by atoms with Gasteiger partial charge in [0.15, 0.2) is 0 Å². The van der Waals surface area contributed by atoms with Gasteiger partial charge in [0.1, 0.15) is 0 Å². The topological polar surface area (TPSA) is 26.3 Å². The number of carbonyl (C=O) groups is 1. The van der Waals surface area contributed by atoms with Gasteiger partial charge in [-0.05, 0) is 25.7 Å². The summed E-state index contributed by atoms with van der Waals surface area (Å²) in [5.41, 5.74) is 0.707. The lowest BCUT2D eigenvalue weighted by atomic mass is 10.1. The van der Waals surface area contributed by atoms with Gasteiger partial charge in [0.2, 0.25) is 0 Å². The number of carbonyl (C=O) groups excluding carboxylic acids is 1. The molecule has 12 heavy (non-hydrogen) atoms. The third-order valence-corrected chi connectivity index (χ3v) is 1.70. The summed E-state index contributed by atoms with van der Waals surface area (Å²) in [5, 5.41) is 0. The Morgan fingerprint density at radius 2 is 2.08 bits per heavy atom. The maximum Gasteiger partial charge on any atom is 0.333 e. The van der Waals surface area contributed by atoms with Crippen molar-refractivity contribution in [3.8, 4) is 0 Å². The van der Waals surface area contributed by atoms with Crippen molar-refractivity contribution in [2.45, 2.75) is 33.6 Å². The number of allylic oxidation sites excluding steroid dienone is 1. The van der Waals surface area contributed by atoms with Crippen LogP contribution in [0.1, 0.15) is 33.6 Å². The van der Waals surface area contributed by atoms with E-state index in [1.807, 2.05) is 6.08 Å². The van der Waals surface area contributed by atoms with E-state index in [1.54, 1.807) is 6.92 Å². The van der Waals surface area contributed by atoms with Crippen molar-refractivity contribution in [1.82, 2.24) is 0 Å². The Labute approximate surface area is 74.6 Å². The average molecular weight is 170 g/mol. The number of hydrogen-bond donors (Lipinski definition) is 0. The highest BCUT2D eigenvalue weighted by molar-refractivity contribution is 5.87. The Kier molecular flexibility index (Phi) is 5.43. The fourth-order valence-electron chi connectivity index (χ4n) is 0.877. The lowest BCUT2D eigenvalue weighted by Gasteiger charge is -2.01. The lowest BCUT2D eigenvalue weighted by molar-refractivity contribution is -0.136. The molecule has 0 saturated carbocycles. The average Bonchev–Trinajstić information content (AvgIpc) is 2.02. The van der Waals surface area contributed by atoms with Gasteiger partial charge in [0.05, 0.1) is 7.11 Å². The van der Waals surface area contributed by atoms with Crippen molar-refractivity contribution in [3.63, 3.8) is 0 Å². The molecule has 2 heteroatoms. The molecule has 0 bridgehead atoms. The Balaban J connectivity index is 3.76. The van der Waals surface area contributed by atoms with Crippen LogP contribution < -0.4 is 0 Å². The van der Waals surface area contributed by atoms with E-state index >= 15 is 0 Å². The lowest BCUT2D eigenvalue weighted by Crippen LogP contribution is -2.01. The smallest absolute Gasteiger partial charge is 0.333 e. The maximum atomic E-state index is 10.9. The molecule has 0 aliphatic carbocycles. The van der Waals surface area contributed by atoms with Crippen molar-refractivity contribution in [3.05, 3.63) is 11.6 Å². The highest BCUT2D eigenvalue weighted by atomic mass is 16.5. The molecule has 0 aliphatic heterocycles. The van der Waals surface area contributed by atoms with E-state index in [2.05, 4.69) is 18.6 Å². The predicted octanol–water partition coefficient (Wildman–Crippen LogP) is 2.54. The SMILES string of the molecule is COC(=O)/C(C)=C/CCC(C)C.